The molecule has 0 aliphatic carbocycles. The first-order valence-electron chi connectivity index (χ1n) is 4.54. The van der Waals surface area contributed by atoms with Crippen molar-refractivity contribution >= 4 is 0 Å². The van der Waals surface area contributed by atoms with Gasteiger partial charge in [-0.15, -0.1) is 6.58 Å². The summed E-state index contributed by atoms with van der Waals surface area (Å²) in [4.78, 5) is 0. The highest BCUT2D eigenvalue weighted by Gasteiger charge is 2.18. The summed E-state index contributed by atoms with van der Waals surface area (Å²) in [7, 11) is 0. The highest BCUT2D eigenvalue weighted by molar-refractivity contribution is 4.94. The van der Waals surface area contributed by atoms with Gasteiger partial charge < -0.3 is 5.11 Å². The van der Waals surface area contributed by atoms with Crippen LogP contribution in [0.3, 0.4) is 0 Å². The molecular weight excluding hydrogens is 136 g/mol. The molecule has 1 unspecified atom stereocenters. The van der Waals surface area contributed by atoms with Crippen molar-refractivity contribution in [2.75, 3.05) is 0 Å². The van der Waals surface area contributed by atoms with Crippen LogP contribution in [0, 0.1) is 0 Å². The van der Waals surface area contributed by atoms with Crippen LogP contribution in [0.1, 0.15) is 46.0 Å². The highest BCUT2D eigenvalue weighted by atomic mass is 16.3. The van der Waals surface area contributed by atoms with Crippen LogP contribution in [-0.4, -0.2) is 10.7 Å². The van der Waals surface area contributed by atoms with Gasteiger partial charge in [0.05, 0.1) is 5.60 Å². The van der Waals surface area contributed by atoms with E-state index in [1.807, 2.05) is 6.92 Å². The maximum atomic E-state index is 9.74. The van der Waals surface area contributed by atoms with E-state index in [2.05, 4.69) is 13.5 Å². The molecule has 0 bridgehead atoms. The Labute approximate surface area is 70.1 Å². The van der Waals surface area contributed by atoms with Gasteiger partial charge in [-0.3, -0.25) is 0 Å². The van der Waals surface area contributed by atoms with Crippen LogP contribution in [0.5, 0.6) is 0 Å². The molecule has 0 aliphatic heterocycles. The van der Waals surface area contributed by atoms with Crippen LogP contribution in [0.25, 0.3) is 0 Å². The van der Waals surface area contributed by atoms with Crippen LogP contribution < -0.4 is 0 Å². The lowest BCUT2D eigenvalue weighted by molar-refractivity contribution is 0.0749. The fraction of sp³-hybridized carbons (Fsp3) is 0.800. The summed E-state index contributed by atoms with van der Waals surface area (Å²) in [5, 5.41) is 9.74. The van der Waals surface area contributed by atoms with Gasteiger partial charge >= 0.3 is 0 Å². The molecule has 0 saturated carbocycles. The molecule has 1 N–H and O–H groups in total. The minimum atomic E-state index is -0.602. The number of hydrogen-bond acceptors (Lipinski definition) is 1. The Balaban J connectivity index is 3.60. The lowest BCUT2D eigenvalue weighted by atomic mass is 9.94. The van der Waals surface area contributed by atoms with Crippen molar-refractivity contribution < 1.29 is 5.11 Å². The molecule has 1 heteroatoms. The molecule has 0 rings (SSSR count). The first-order chi connectivity index (χ1) is 5.18. The zero-order valence-electron chi connectivity index (χ0n) is 7.77. The molecule has 11 heavy (non-hydrogen) atoms. The molecule has 0 fully saturated rings. The number of unbranched alkanes of at least 4 members (excludes halogenated alkanes) is 2. The lowest BCUT2D eigenvalue weighted by Gasteiger charge is -2.21. The molecule has 0 aromatic rings. The second-order valence-electron chi connectivity index (χ2n) is 3.12. The number of rotatable bonds is 6. The SMILES string of the molecule is C=CC(O)(CC)CCCCC. The van der Waals surface area contributed by atoms with Gasteiger partial charge in [-0.05, 0) is 12.8 Å². The topological polar surface area (TPSA) is 20.2 Å². The van der Waals surface area contributed by atoms with Gasteiger partial charge in [0.15, 0.2) is 0 Å². The van der Waals surface area contributed by atoms with Crippen LogP contribution in [-0.2, 0) is 0 Å². The normalized spacial score (nSPS) is 15.9. The van der Waals surface area contributed by atoms with Crippen molar-refractivity contribution in [2.24, 2.45) is 0 Å². The van der Waals surface area contributed by atoms with E-state index in [1.165, 1.54) is 12.8 Å². The molecule has 0 radical (unpaired) electrons. The summed E-state index contributed by atoms with van der Waals surface area (Å²) in [6, 6.07) is 0. The van der Waals surface area contributed by atoms with Crippen molar-refractivity contribution in [3.8, 4) is 0 Å². The standard InChI is InChI=1S/C10H20O/c1-4-7-8-9-10(11,5-2)6-3/h5,11H,2,4,6-9H2,1,3H3. The minimum Gasteiger partial charge on any atom is -0.386 e. The molecule has 1 nitrogen and oxygen atoms in total. The Morgan fingerprint density at radius 2 is 2.00 bits per heavy atom. The quantitative estimate of drug-likeness (QED) is 0.463. The van der Waals surface area contributed by atoms with Gasteiger partial charge in [0.2, 0.25) is 0 Å². The second kappa shape index (κ2) is 5.36. The fourth-order valence-electron chi connectivity index (χ4n) is 1.10. The maximum absolute atomic E-state index is 9.74. The third kappa shape index (κ3) is 4.20. The summed E-state index contributed by atoms with van der Waals surface area (Å²) in [5.74, 6) is 0. The third-order valence-corrected chi connectivity index (χ3v) is 2.21. The molecule has 0 aromatic carbocycles. The molecule has 0 spiro atoms. The first kappa shape index (κ1) is 10.7. The molecular formula is C10H20O. The van der Waals surface area contributed by atoms with Crippen LogP contribution >= 0.6 is 0 Å². The fourth-order valence-corrected chi connectivity index (χ4v) is 1.10. The second-order valence-corrected chi connectivity index (χ2v) is 3.12. The maximum Gasteiger partial charge on any atom is 0.0822 e. The number of aliphatic hydroxyl groups is 1. The van der Waals surface area contributed by atoms with Gasteiger partial charge in [0.25, 0.3) is 0 Å². The molecule has 1 atom stereocenters. The smallest absolute Gasteiger partial charge is 0.0822 e. The van der Waals surface area contributed by atoms with E-state index in [0.29, 0.717) is 0 Å². The average Bonchev–Trinajstić information content (AvgIpc) is 2.05. The zero-order valence-corrected chi connectivity index (χ0v) is 7.77. The van der Waals surface area contributed by atoms with E-state index < -0.39 is 5.60 Å². The monoisotopic (exact) mass is 156 g/mol. The minimum absolute atomic E-state index is 0.602. The van der Waals surface area contributed by atoms with Gasteiger partial charge in [0, 0.05) is 0 Å². The Hall–Kier alpha value is -0.300. The van der Waals surface area contributed by atoms with Crippen molar-refractivity contribution in [2.45, 2.75) is 51.6 Å². The largest absolute Gasteiger partial charge is 0.386 e. The summed E-state index contributed by atoms with van der Waals surface area (Å²) < 4.78 is 0. The molecule has 0 heterocycles. The highest BCUT2D eigenvalue weighted by Crippen LogP contribution is 2.19. The molecule has 0 amide bonds. The van der Waals surface area contributed by atoms with E-state index in [-0.39, 0.29) is 0 Å². The van der Waals surface area contributed by atoms with Gasteiger partial charge in [-0.25, -0.2) is 0 Å². The van der Waals surface area contributed by atoms with E-state index in [1.54, 1.807) is 6.08 Å². The van der Waals surface area contributed by atoms with E-state index in [9.17, 15) is 5.11 Å². The predicted octanol–water partition coefficient (Wildman–Crippen LogP) is 2.89. The lowest BCUT2D eigenvalue weighted by Crippen LogP contribution is -2.23. The Morgan fingerprint density at radius 1 is 1.36 bits per heavy atom. The van der Waals surface area contributed by atoms with Crippen molar-refractivity contribution in [3.63, 3.8) is 0 Å². The predicted molar refractivity (Wildman–Crippen MR) is 49.6 cm³/mol. The summed E-state index contributed by atoms with van der Waals surface area (Å²) >= 11 is 0. The Kier molecular flexibility index (Phi) is 5.22. The summed E-state index contributed by atoms with van der Waals surface area (Å²) in [6.45, 7) is 7.79. The zero-order chi connectivity index (χ0) is 8.74. The van der Waals surface area contributed by atoms with Crippen LogP contribution in [0.2, 0.25) is 0 Å². The molecule has 0 saturated heterocycles. The van der Waals surface area contributed by atoms with Crippen molar-refractivity contribution in [3.05, 3.63) is 12.7 Å². The molecule has 0 aromatic heterocycles. The average molecular weight is 156 g/mol. The van der Waals surface area contributed by atoms with Crippen LogP contribution in [0.15, 0.2) is 12.7 Å². The van der Waals surface area contributed by atoms with Gasteiger partial charge in [-0.1, -0.05) is 39.2 Å². The van der Waals surface area contributed by atoms with Gasteiger partial charge in [0.1, 0.15) is 0 Å². The summed E-state index contributed by atoms with van der Waals surface area (Å²) in [6.07, 6.45) is 6.82. The summed E-state index contributed by atoms with van der Waals surface area (Å²) in [5.41, 5.74) is -0.602. The van der Waals surface area contributed by atoms with Crippen molar-refractivity contribution in [1.82, 2.24) is 0 Å². The number of hydrogen-bond donors (Lipinski definition) is 1. The van der Waals surface area contributed by atoms with E-state index in [0.717, 1.165) is 19.3 Å². The molecule has 0 aliphatic rings. The van der Waals surface area contributed by atoms with Crippen LogP contribution in [0.4, 0.5) is 0 Å². The molecule has 66 valence electrons. The van der Waals surface area contributed by atoms with E-state index >= 15 is 0 Å². The van der Waals surface area contributed by atoms with Gasteiger partial charge in [-0.2, -0.15) is 0 Å². The van der Waals surface area contributed by atoms with Crippen molar-refractivity contribution in [1.29, 1.82) is 0 Å². The Morgan fingerprint density at radius 3 is 2.36 bits per heavy atom. The first-order valence-corrected chi connectivity index (χ1v) is 4.54. The third-order valence-electron chi connectivity index (χ3n) is 2.21. The van der Waals surface area contributed by atoms with E-state index in [4.69, 9.17) is 0 Å². The Bertz CT molecular complexity index is 109.